The SMILES string of the molecule is C=CC(=C)[Si](C)C. The van der Waals surface area contributed by atoms with Crippen LogP contribution in [0.25, 0.3) is 0 Å². The summed E-state index contributed by atoms with van der Waals surface area (Å²) in [4.78, 5) is 0. The van der Waals surface area contributed by atoms with E-state index in [-0.39, 0.29) is 8.80 Å². The summed E-state index contributed by atoms with van der Waals surface area (Å²) in [6.45, 7) is 11.8. The van der Waals surface area contributed by atoms with Gasteiger partial charge in [-0.2, -0.15) is 0 Å². The summed E-state index contributed by atoms with van der Waals surface area (Å²) in [5.74, 6) is 0. The highest BCUT2D eigenvalue weighted by Gasteiger charge is 1.93. The average molecular weight is 111 g/mol. The van der Waals surface area contributed by atoms with Gasteiger partial charge in [-0.05, 0) is 0 Å². The molecular weight excluding hydrogens is 100 g/mol. The van der Waals surface area contributed by atoms with E-state index < -0.39 is 0 Å². The Balaban J connectivity index is 3.56. The topological polar surface area (TPSA) is 0 Å². The smallest absolute Gasteiger partial charge is 0.0783 e. The third-order valence-corrected chi connectivity index (χ3v) is 2.38. The lowest BCUT2D eigenvalue weighted by molar-refractivity contribution is 1.84. The van der Waals surface area contributed by atoms with Crippen LogP contribution in [-0.2, 0) is 0 Å². The Morgan fingerprint density at radius 1 is 1.57 bits per heavy atom. The molecule has 0 saturated carbocycles. The van der Waals surface area contributed by atoms with E-state index in [0.29, 0.717) is 0 Å². The molecule has 39 valence electrons. The molecule has 0 aromatic heterocycles. The molecule has 0 amide bonds. The lowest BCUT2D eigenvalue weighted by Crippen LogP contribution is -2.00. The Hall–Kier alpha value is -0.303. The molecule has 0 aliphatic heterocycles. The van der Waals surface area contributed by atoms with Gasteiger partial charge in [0.15, 0.2) is 0 Å². The van der Waals surface area contributed by atoms with Crippen LogP contribution in [0.15, 0.2) is 24.4 Å². The molecule has 0 aliphatic rings. The summed E-state index contributed by atoms with van der Waals surface area (Å²) in [6.07, 6.45) is 1.84. The van der Waals surface area contributed by atoms with E-state index in [1.807, 2.05) is 6.08 Å². The van der Waals surface area contributed by atoms with Gasteiger partial charge in [-0.1, -0.05) is 30.9 Å². The van der Waals surface area contributed by atoms with Crippen LogP contribution in [-0.4, -0.2) is 8.80 Å². The van der Waals surface area contributed by atoms with E-state index in [1.54, 1.807) is 0 Å². The standard InChI is InChI=1S/C6H11Si/c1-5-6(2)7(3)4/h5H,1-2H2,3-4H3. The minimum absolute atomic E-state index is 0.276. The summed E-state index contributed by atoms with van der Waals surface area (Å²) in [5, 5.41) is 1.21. The maximum atomic E-state index is 3.80. The Morgan fingerprint density at radius 2 is 2.00 bits per heavy atom. The number of hydrogen-bond donors (Lipinski definition) is 0. The van der Waals surface area contributed by atoms with Crippen molar-refractivity contribution in [2.24, 2.45) is 0 Å². The van der Waals surface area contributed by atoms with Gasteiger partial charge in [0.1, 0.15) is 0 Å². The van der Waals surface area contributed by atoms with Crippen molar-refractivity contribution in [1.29, 1.82) is 0 Å². The van der Waals surface area contributed by atoms with Crippen molar-refractivity contribution in [3.05, 3.63) is 24.4 Å². The van der Waals surface area contributed by atoms with Crippen LogP contribution in [0.4, 0.5) is 0 Å². The predicted molar refractivity (Wildman–Crippen MR) is 36.8 cm³/mol. The van der Waals surface area contributed by atoms with Crippen LogP contribution in [0.1, 0.15) is 0 Å². The molecular formula is C6H11Si. The normalized spacial score (nSPS) is 9.00. The van der Waals surface area contributed by atoms with Crippen molar-refractivity contribution in [2.75, 3.05) is 0 Å². The lowest BCUT2D eigenvalue weighted by atomic mass is 10.6. The molecule has 0 unspecified atom stereocenters. The molecule has 0 spiro atoms. The van der Waals surface area contributed by atoms with Crippen LogP contribution in [0.3, 0.4) is 0 Å². The van der Waals surface area contributed by atoms with Crippen molar-refractivity contribution >= 4 is 8.80 Å². The van der Waals surface area contributed by atoms with Gasteiger partial charge >= 0.3 is 0 Å². The molecule has 0 aromatic carbocycles. The van der Waals surface area contributed by atoms with Crippen LogP contribution in [0.2, 0.25) is 13.1 Å². The Morgan fingerprint density at radius 3 is 2.00 bits per heavy atom. The molecule has 0 aliphatic carbocycles. The summed E-state index contributed by atoms with van der Waals surface area (Å²) in [5.41, 5.74) is 0. The van der Waals surface area contributed by atoms with Crippen molar-refractivity contribution in [1.82, 2.24) is 0 Å². The molecule has 0 rings (SSSR count). The number of allylic oxidation sites excluding steroid dienone is 2. The van der Waals surface area contributed by atoms with Crippen LogP contribution in [0, 0.1) is 0 Å². The first-order valence-electron chi connectivity index (χ1n) is 2.30. The van der Waals surface area contributed by atoms with Crippen LogP contribution < -0.4 is 0 Å². The fourth-order valence-electron chi connectivity index (χ4n) is 0.204. The molecule has 0 saturated heterocycles. The second kappa shape index (κ2) is 2.80. The molecule has 0 N–H and O–H groups in total. The number of rotatable bonds is 2. The molecule has 0 nitrogen and oxygen atoms in total. The fourth-order valence-corrected chi connectivity index (χ4v) is 0.612. The Bertz CT molecular complexity index is 82.2. The maximum absolute atomic E-state index is 3.80. The summed E-state index contributed by atoms with van der Waals surface area (Å²) >= 11 is 0. The second-order valence-electron chi connectivity index (χ2n) is 1.73. The van der Waals surface area contributed by atoms with Gasteiger partial charge in [0.2, 0.25) is 0 Å². The third-order valence-electron chi connectivity index (χ3n) is 0.889. The zero-order valence-corrected chi connectivity index (χ0v) is 5.99. The largest absolute Gasteiger partial charge is 0.100 e. The summed E-state index contributed by atoms with van der Waals surface area (Å²) < 4.78 is 0. The Kier molecular flexibility index (Phi) is 2.68. The van der Waals surface area contributed by atoms with Gasteiger partial charge in [-0.25, -0.2) is 0 Å². The highest BCUT2D eigenvalue weighted by atomic mass is 28.3. The van der Waals surface area contributed by atoms with E-state index in [2.05, 4.69) is 26.3 Å². The van der Waals surface area contributed by atoms with E-state index in [9.17, 15) is 0 Å². The average Bonchev–Trinajstić information content (AvgIpc) is 1.65. The minimum Gasteiger partial charge on any atom is -0.100 e. The highest BCUT2D eigenvalue weighted by Crippen LogP contribution is 1.95. The predicted octanol–water partition coefficient (Wildman–Crippen LogP) is 2.02. The summed E-state index contributed by atoms with van der Waals surface area (Å²) in [6, 6.07) is 0. The first-order valence-corrected chi connectivity index (χ1v) is 4.80. The fraction of sp³-hybridized carbons (Fsp3) is 0.333. The molecule has 0 aromatic rings. The first-order chi connectivity index (χ1) is 3.18. The van der Waals surface area contributed by atoms with E-state index >= 15 is 0 Å². The van der Waals surface area contributed by atoms with Gasteiger partial charge in [0.25, 0.3) is 0 Å². The Labute approximate surface area is 47.2 Å². The van der Waals surface area contributed by atoms with Crippen molar-refractivity contribution < 1.29 is 0 Å². The van der Waals surface area contributed by atoms with Crippen molar-refractivity contribution in [3.8, 4) is 0 Å². The van der Waals surface area contributed by atoms with Gasteiger partial charge in [0, 0.05) is 0 Å². The van der Waals surface area contributed by atoms with Gasteiger partial charge < -0.3 is 0 Å². The molecule has 1 heteroatoms. The molecule has 0 heterocycles. The van der Waals surface area contributed by atoms with Gasteiger partial charge in [-0.15, -0.1) is 6.58 Å². The summed E-state index contributed by atoms with van der Waals surface area (Å²) in [7, 11) is -0.276. The van der Waals surface area contributed by atoms with E-state index in [1.165, 1.54) is 5.20 Å². The van der Waals surface area contributed by atoms with Crippen molar-refractivity contribution in [2.45, 2.75) is 13.1 Å². The minimum atomic E-state index is -0.276. The van der Waals surface area contributed by atoms with Crippen LogP contribution >= 0.6 is 0 Å². The zero-order valence-electron chi connectivity index (χ0n) is 4.99. The quantitative estimate of drug-likeness (QED) is 0.378. The molecule has 0 atom stereocenters. The first kappa shape index (κ1) is 6.70. The molecule has 1 radical (unpaired) electrons. The molecule has 0 fully saturated rings. The third kappa shape index (κ3) is 2.40. The molecule has 0 bridgehead atoms. The monoisotopic (exact) mass is 111 g/mol. The van der Waals surface area contributed by atoms with Crippen molar-refractivity contribution in [3.63, 3.8) is 0 Å². The zero-order chi connectivity index (χ0) is 5.86. The van der Waals surface area contributed by atoms with Crippen LogP contribution in [0.5, 0.6) is 0 Å². The van der Waals surface area contributed by atoms with Gasteiger partial charge in [0.05, 0.1) is 8.80 Å². The van der Waals surface area contributed by atoms with E-state index in [4.69, 9.17) is 0 Å². The highest BCUT2D eigenvalue weighted by molar-refractivity contribution is 6.64. The number of hydrogen-bond acceptors (Lipinski definition) is 0. The second-order valence-corrected chi connectivity index (χ2v) is 4.37. The van der Waals surface area contributed by atoms with Gasteiger partial charge in [-0.3, -0.25) is 0 Å². The molecule has 7 heavy (non-hydrogen) atoms. The maximum Gasteiger partial charge on any atom is 0.0783 e. The van der Waals surface area contributed by atoms with E-state index in [0.717, 1.165) is 0 Å². The lowest BCUT2D eigenvalue weighted by Gasteiger charge is -1.96.